The van der Waals surface area contributed by atoms with E-state index in [1.807, 2.05) is 12.1 Å². The highest BCUT2D eigenvalue weighted by Gasteiger charge is 2.13. The number of aromatic nitrogens is 4. The Labute approximate surface area is 109 Å². The Bertz CT molecular complexity index is 701. The molecule has 0 fully saturated rings. The average molecular weight is 255 g/mol. The van der Waals surface area contributed by atoms with E-state index in [1.54, 1.807) is 36.7 Å². The number of hydrogen-bond acceptors (Lipinski definition) is 3. The van der Waals surface area contributed by atoms with Gasteiger partial charge in [-0.1, -0.05) is 0 Å². The molecule has 6 heteroatoms. The molecule has 0 aliphatic heterocycles. The van der Waals surface area contributed by atoms with E-state index in [9.17, 15) is 4.79 Å². The minimum atomic E-state index is -0.0299. The highest BCUT2D eigenvalue weighted by molar-refractivity contribution is 5.97. The zero-order valence-electron chi connectivity index (χ0n) is 10.4. The standard InChI is InChI=1S/C13H13N5O/c1-18(7-9-5-16-17-6-9)13(19)10-2-3-11-12(4-10)15-8-14-11/h2-6,8H,7H2,1H3,(H,14,15)(H,16,17). The first-order valence-corrected chi connectivity index (χ1v) is 5.90. The number of imidazole rings is 1. The average Bonchev–Trinajstić information content (AvgIpc) is 3.07. The van der Waals surface area contributed by atoms with Crippen LogP contribution in [0.2, 0.25) is 0 Å². The Morgan fingerprint density at radius 2 is 2.32 bits per heavy atom. The van der Waals surface area contributed by atoms with E-state index < -0.39 is 0 Å². The molecule has 0 spiro atoms. The maximum atomic E-state index is 12.3. The Hall–Kier alpha value is -2.63. The number of hydrogen-bond donors (Lipinski definition) is 2. The fraction of sp³-hybridized carbons (Fsp3) is 0.154. The lowest BCUT2D eigenvalue weighted by atomic mass is 10.1. The molecule has 0 saturated carbocycles. The van der Waals surface area contributed by atoms with Gasteiger partial charge in [-0.3, -0.25) is 9.89 Å². The summed E-state index contributed by atoms with van der Waals surface area (Å²) in [4.78, 5) is 21.1. The quantitative estimate of drug-likeness (QED) is 0.745. The summed E-state index contributed by atoms with van der Waals surface area (Å²) in [6, 6.07) is 5.44. The van der Waals surface area contributed by atoms with Crippen LogP contribution < -0.4 is 0 Å². The number of H-pyrrole nitrogens is 2. The molecule has 0 unspecified atom stereocenters. The number of benzene rings is 1. The van der Waals surface area contributed by atoms with Crippen molar-refractivity contribution in [2.24, 2.45) is 0 Å². The van der Waals surface area contributed by atoms with Gasteiger partial charge in [0.1, 0.15) is 0 Å². The van der Waals surface area contributed by atoms with Gasteiger partial charge in [-0.15, -0.1) is 0 Å². The molecule has 96 valence electrons. The minimum Gasteiger partial charge on any atom is -0.345 e. The summed E-state index contributed by atoms with van der Waals surface area (Å²) < 4.78 is 0. The van der Waals surface area contributed by atoms with Gasteiger partial charge in [-0.05, 0) is 18.2 Å². The topological polar surface area (TPSA) is 77.7 Å². The minimum absolute atomic E-state index is 0.0299. The summed E-state index contributed by atoms with van der Waals surface area (Å²) in [5.74, 6) is -0.0299. The van der Waals surface area contributed by atoms with Crippen molar-refractivity contribution < 1.29 is 4.79 Å². The van der Waals surface area contributed by atoms with E-state index in [2.05, 4.69) is 20.2 Å². The predicted octanol–water partition coefficient (Wildman–Crippen LogP) is 1.56. The lowest BCUT2D eigenvalue weighted by Gasteiger charge is -2.16. The van der Waals surface area contributed by atoms with Crippen LogP contribution in [0, 0.1) is 0 Å². The molecule has 0 aliphatic rings. The third-order valence-corrected chi connectivity index (χ3v) is 2.99. The van der Waals surface area contributed by atoms with Crippen LogP contribution in [-0.4, -0.2) is 38.0 Å². The van der Waals surface area contributed by atoms with E-state index in [1.165, 1.54) is 0 Å². The highest BCUT2D eigenvalue weighted by atomic mass is 16.2. The van der Waals surface area contributed by atoms with Gasteiger partial charge in [0.2, 0.25) is 0 Å². The zero-order chi connectivity index (χ0) is 13.2. The van der Waals surface area contributed by atoms with Crippen LogP contribution in [0.15, 0.2) is 36.9 Å². The number of nitrogens with zero attached hydrogens (tertiary/aromatic N) is 3. The van der Waals surface area contributed by atoms with Crippen LogP contribution in [-0.2, 0) is 6.54 Å². The maximum Gasteiger partial charge on any atom is 0.253 e. The molecule has 6 nitrogen and oxygen atoms in total. The molecule has 2 N–H and O–H groups in total. The Balaban J connectivity index is 1.82. The van der Waals surface area contributed by atoms with Crippen molar-refractivity contribution >= 4 is 16.9 Å². The van der Waals surface area contributed by atoms with Gasteiger partial charge in [-0.2, -0.15) is 5.10 Å². The van der Waals surface area contributed by atoms with Crippen molar-refractivity contribution in [1.82, 2.24) is 25.1 Å². The molecule has 0 bridgehead atoms. The van der Waals surface area contributed by atoms with E-state index in [0.717, 1.165) is 16.6 Å². The summed E-state index contributed by atoms with van der Waals surface area (Å²) in [5.41, 5.74) is 3.33. The first-order valence-electron chi connectivity index (χ1n) is 5.90. The second kappa shape index (κ2) is 4.56. The molecule has 0 radical (unpaired) electrons. The first-order chi connectivity index (χ1) is 9.24. The lowest BCUT2D eigenvalue weighted by molar-refractivity contribution is 0.0785. The third-order valence-electron chi connectivity index (χ3n) is 2.99. The summed E-state index contributed by atoms with van der Waals surface area (Å²) >= 11 is 0. The molecule has 3 rings (SSSR count). The smallest absolute Gasteiger partial charge is 0.253 e. The molecule has 2 aromatic heterocycles. The number of amides is 1. The van der Waals surface area contributed by atoms with Crippen molar-refractivity contribution in [3.05, 3.63) is 48.0 Å². The SMILES string of the molecule is CN(Cc1cn[nH]c1)C(=O)c1ccc2nc[nH]c2c1. The molecular weight excluding hydrogens is 242 g/mol. The normalized spacial score (nSPS) is 10.8. The van der Waals surface area contributed by atoms with Crippen LogP contribution in [0.1, 0.15) is 15.9 Å². The molecule has 1 aromatic carbocycles. The molecular formula is C13H13N5O. The second-order valence-corrected chi connectivity index (χ2v) is 4.40. The number of carbonyl (C=O) groups excluding carboxylic acids is 1. The maximum absolute atomic E-state index is 12.3. The molecule has 1 amide bonds. The summed E-state index contributed by atoms with van der Waals surface area (Å²) in [5, 5.41) is 6.60. The van der Waals surface area contributed by atoms with E-state index in [0.29, 0.717) is 12.1 Å². The highest BCUT2D eigenvalue weighted by Crippen LogP contribution is 2.14. The Morgan fingerprint density at radius 1 is 1.42 bits per heavy atom. The van der Waals surface area contributed by atoms with Crippen molar-refractivity contribution in [2.75, 3.05) is 7.05 Å². The fourth-order valence-electron chi connectivity index (χ4n) is 2.00. The largest absolute Gasteiger partial charge is 0.345 e. The van der Waals surface area contributed by atoms with Gasteiger partial charge in [0, 0.05) is 30.9 Å². The van der Waals surface area contributed by atoms with Gasteiger partial charge < -0.3 is 9.88 Å². The number of rotatable bonds is 3. The van der Waals surface area contributed by atoms with Crippen molar-refractivity contribution in [2.45, 2.75) is 6.54 Å². The molecule has 0 atom stereocenters. The summed E-state index contributed by atoms with van der Waals surface area (Å²) in [7, 11) is 1.77. The first kappa shape index (κ1) is 11.5. The third kappa shape index (κ3) is 2.20. The number of aromatic amines is 2. The fourth-order valence-corrected chi connectivity index (χ4v) is 2.00. The molecule has 0 saturated heterocycles. The Kier molecular flexibility index (Phi) is 2.75. The van der Waals surface area contributed by atoms with Gasteiger partial charge in [-0.25, -0.2) is 4.98 Å². The van der Waals surface area contributed by atoms with Crippen molar-refractivity contribution in [3.8, 4) is 0 Å². The van der Waals surface area contributed by atoms with Gasteiger partial charge >= 0.3 is 0 Å². The lowest BCUT2D eigenvalue weighted by Crippen LogP contribution is -2.25. The van der Waals surface area contributed by atoms with E-state index in [-0.39, 0.29) is 5.91 Å². The zero-order valence-corrected chi connectivity index (χ0v) is 10.4. The van der Waals surface area contributed by atoms with Crippen LogP contribution in [0.5, 0.6) is 0 Å². The van der Waals surface area contributed by atoms with E-state index >= 15 is 0 Å². The van der Waals surface area contributed by atoms with Gasteiger partial charge in [0.25, 0.3) is 5.91 Å². The summed E-state index contributed by atoms with van der Waals surface area (Å²) in [6.45, 7) is 0.524. The summed E-state index contributed by atoms with van der Waals surface area (Å²) in [6.07, 6.45) is 5.11. The van der Waals surface area contributed by atoms with Crippen LogP contribution in [0.3, 0.4) is 0 Å². The van der Waals surface area contributed by atoms with Gasteiger partial charge in [0.15, 0.2) is 0 Å². The van der Waals surface area contributed by atoms with E-state index in [4.69, 9.17) is 0 Å². The molecule has 19 heavy (non-hydrogen) atoms. The predicted molar refractivity (Wildman–Crippen MR) is 70.5 cm³/mol. The second-order valence-electron chi connectivity index (χ2n) is 4.40. The molecule has 2 heterocycles. The van der Waals surface area contributed by atoms with Crippen LogP contribution in [0.4, 0.5) is 0 Å². The number of nitrogens with one attached hydrogen (secondary N) is 2. The van der Waals surface area contributed by atoms with Gasteiger partial charge in [0.05, 0.1) is 23.6 Å². The Morgan fingerprint density at radius 3 is 3.11 bits per heavy atom. The van der Waals surface area contributed by atoms with Crippen molar-refractivity contribution in [1.29, 1.82) is 0 Å². The molecule has 0 aliphatic carbocycles. The van der Waals surface area contributed by atoms with Crippen molar-refractivity contribution in [3.63, 3.8) is 0 Å². The number of carbonyl (C=O) groups is 1. The van der Waals surface area contributed by atoms with Crippen LogP contribution >= 0.6 is 0 Å². The monoisotopic (exact) mass is 255 g/mol. The molecule has 3 aromatic rings. The number of fused-ring (bicyclic) bond motifs is 1. The van der Waals surface area contributed by atoms with Crippen LogP contribution in [0.25, 0.3) is 11.0 Å².